The van der Waals surface area contributed by atoms with Crippen LogP contribution in [0.3, 0.4) is 0 Å². The van der Waals surface area contributed by atoms with Gasteiger partial charge in [0, 0.05) is 20.1 Å². The number of hydrogen-bond donors (Lipinski definition) is 3. The molecule has 0 spiro atoms. The molecule has 0 aliphatic carbocycles. The lowest BCUT2D eigenvalue weighted by molar-refractivity contribution is 0.414. The number of nitrogens with zero attached hydrogens (tertiary/aromatic N) is 1. The summed E-state index contributed by atoms with van der Waals surface area (Å²) in [6.07, 6.45) is 0.846. The number of phenolic OH excluding ortho intramolecular Hbond substituents is 1. The molecule has 0 bridgehead atoms. The molecule has 0 aliphatic rings. The Kier molecular flexibility index (Phi) is 6.42. The summed E-state index contributed by atoms with van der Waals surface area (Å²) in [4.78, 5) is 4.13. The van der Waals surface area contributed by atoms with Crippen molar-refractivity contribution in [2.45, 2.75) is 13.0 Å². The Bertz CT molecular complexity index is 687. The number of aromatic hydroxyl groups is 1. The molecule has 0 heterocycles. The highest BCUT2D eigenvalue weighted by molar-refractivity contribution is 5.79. The minimum absolute atomic E-state index is 0.347. The van der Waals surface area contributed by atoms with E-state index in [2.05, 4.69) is 15.6 Å². The lowest BCUT2D eigenvalue weighted by Crippen LogP contribution is -2.37. The molecule has 0 fully saturated rings. The van der Waals surface area contributed by atoms with Crippen LogP contribution in [-0.4, -0.2) is 31.8 Å². The highest BCUT2D eigenvalue weighted by Gasteiger charge is 2.03. The van der Waals surface area contributed by atoms with Crippen LogP contribution in [0.1, 0.15) is 11.1 Å². The van der Waals surface area contributed by atoms with E-state index in [1.165, 1.54) is 17.7 Å². The topological polar surface area (TPSA) is 65.9 Å². The zero-order valence-corrected chi connectivity index (χ0v) is 13.8. The maximum atomic E-state index is 13.3. The molecule has 0 amide bonds. The van der Waals surface area contributed by atoms with Gasteiger partial charge in [-0.3, -0.25) is 4.99 Å². The number of halogens is 1. The molecule has 5 nitrogen and oxygen atoms in total. The number of benzene rings is 2. The van der Waals surface area contributed by atoms with Crippen LogP contribution in [0.4, 0.5) is 4.39 Å². The predicted octanol–water partition coefficient (Wildman–Crippen LogP) is 2.45. The van der Waals surface area contributed by atoms with Crippen molar-refractivity contribution in [2.24, 2.45) is 4.99 Å². The Balaban J connectivity index is 1.78. The number of ether oxygens (including phenoxy) is 1. The molecule has 0 atom stereocenters. The lowest BCUT2D eigenvalue weighted by atomic mass is 10.1. The Morgan fingerprint density at radius 2 is 1.83 bits per heavy atom. The SMILES string of the molecule is CN=C(NCCc1ccc(OC)cc1)NCc1ccc(O)c(F)c1. The van der Waals surface area contributed by atoms with Gasteiger partial charge >= 0.3 is 0 Å². The zero-order valence-electron chi connectivity index (χ0n) is 13.8. The Morgan fingerprint density at radius 3 is 2.46 bits per heavy atom. The summed E-state index contributed by atoms with van der Waals surface area (Å²) in [5, 5.41) is 15.5. The highest BCUT2D eigenvalue weighted by Crippen LogP contribution is 2.15. The van der Waals surface area contributed by atoms with Crippen molar-refractivity contribution in [1.29, 1.82) is 0 Å². The number of aliphatic imine (C=N–C) groups is 1. The summed E-state index contributed by atoms with van der Waals surface area (Å²) < 4.78 is 18.4. The molecule has 0 radical (unpaired) electrons. The van der Waals surface area contributed by atoms with E-state index in [0.717, 1.165) is 24.3 Å². The fourth-order valence-electron chi connectivity index (χ4n) is 2.18. The number of guanidine groups is 1. The smallest absolute Gasteiger partial charge is 0.191 e. The van der Waals surface area contributed by atoms with E-state index in [1.54, 1.807) is 20.2 Å². The summed E-state index contributed by atoms with van der Waals surface area (Å²) in [6, 6.07) is 12.2. The van der Waals surface area contributed by atoms with E-state index in [4.69, 9.17) is 4.74 Å². The molecular formula is C18H22FN3O2. The number of hydrogen-bond acceptors (Lipinski definition) is 3. The molecule has 0 aliphatic heterocycles. The Morgan fingerprint density at radius 1 is 1.12 bits per heavy atom. The zero-order chi connectivity index (χ0) is 17.4. The molecule has 0 saturated carbocycles. The van der Waals surface area contributed by atoms with Crippen LogP contribution in [0.5, 0.6) is 11.5 Å². The maximum Gasteiger partial charge on any atom is 0.191 e. The van der Waals surface area contributed by atoms with Crippen molar-refractivity contribution in [1.82, 2.24) is 10.6 Å². The second-order valence-corrected chi connectivity index (χ2v) is 5.24. The van der Waals surface area contributed by atoms with Crippen LogP contribution in [0.15, 0.2) is 47.5 Å². The maximum absolute atomic E-state index is 13.3. The summed E-state index contributed by atoms with van der Waals surface area (Å²) in [7, 11) is 3.33. The number of rotatable bonds is 6. The molecule has 0 saturated heterocycles. The van der Waals surface area contributed by atoms with Gasteiger partial charge in [-0.05, 0) is 41.8 Å². The first-order valence-corrected chi connectivity index (χ1v) is 7.67. The third kappa shape index (κ3) is 5.15. The minimum atomic E-state index is -0.628. The van der Waals surface area contributed by atoms with E-state index in [9.17, 15) is 9.50 Å². The first-order chi connectivity index (χ1) is 11.6. The summed E-state index contributed by atoms with van der Waals surface area (Å²) in [5.74, 6) is 0.500. The van der Waals surface area contributed by atoms with E-state index >= 15 is 0 Å². The van der Waals surface area contributed by atoms with E-state index < -0.39 is 5.82 Å². The number of methoxy groups -OCH3 is 1. The molecule has 128 valence electrons. The van der Waals surface area contributed by atoms with Crippen molar-refractivity contribution < 1.29 is 14.2 Å². The molecule has 2 aromatic carbocycles. The van der Waals surface area contributed by atoms with Crippen LogP contribution in [0, 0.1) is 5.82 Å². The summed E-state index contributed by atoms with van der Waals surface area (Å²) >= 11 is 0. The van der Waals surface area contributed by atoms with Crippen LogP contribution in [-0.2, 0) is 13.0 Å². The largest absolute Gasteiger partial charge is 0.505 e. The highest BCUT2D eigenvalue weighted by atomic mass is 19.1. The van der Waals surface area contributed by atoms with Crippen LogP contribution < -0.4 is 15.4 Å². The summed E-state index contributed by atoms with van der Waals surface area (Å²) in [6.45, 7) is 1.13. The van der Waals surface area contributed by atoms with E-state index in [0.29, 0.717) is 12.5 Å². The normalized spacial score (nSPS) is 11.2. The Hall–Kier alpha value is -2.76. The lowest BCUT2D eigenvalue weighted by Gasteiger charge is -2.12. The second-order valence-electron chi connectivity index (χ2n) is 5.24. The van der Waals surface area contributed by atoms with E-state index in [1.807, 2.05) is 24.3 Å². The van der Waals surface area contributed by atoms with E-state index in [-0.39, 0.29) is 5.75 Å². The first-order valence-electron chi connectivity index (χ1n) is 7.67. The van der Waals surface area contributed by atoms with Gasteiger partial charge in [0.1, 0.15) is 5.75 Å². The molecule has 0 unspecified atom stereocenters. The van der Waals surface area contributed by atoms with Crippen LogP contribution in [0.2, 0.25) is 0 Å². The van der Waals surface area contributed by atoms with Gasteiger partial charge < -0.3 is 20.5 Å². The minimum Gasteiger partial charge on any atom is -0.505 e. The van der Waals surface area contributed by atoms with Gasteiger partial charge in [0.05, 0.1) is 7.11 Å². The quantitative estimate of drug-likeness (QED) is 0.562. The molecule has 0 aromatic heterocycles. The number of nitrogens with one attached hydrogen (secondary N) is 2. The average Bonchev–Trinajstić information content (AvgIpc) is 2.61. The third-order valence-corrected chi connectivity index (χ3v) is 3.56. The van der Waals surface area contributed by atoms with Crippen molar-refractivity contribution in [2.75, 3.05) is 20.7 Å². The molecule has 2 aromatic rings. The molecule has 2 rings (SSSR count). The fourth-order valence-corrected chi connectivity index (χ4v) is 2.18. The standard InChI is InChI=1S/C18H22FN3O2/c1-20-18(22-12-14-5-8-17(23)16(19)11-14)21-10-9-13-3-6-15(24-2)7-4-13/h3-8,11,23H,9-10,12H2,1-2H3,(H2,20,21,22). The number of phenols is 1. The van der Waals surface area contributed by atoms with Gasteiger partial charge in [0.2, 0.25) is 0 Å². The second kappa shape index (κ2) is 8.76. The van der Waals surface area contributed by atoms with Gasteiger partial charge in [0.25, 0.3) is 0 Å². The monoisotopic (exact) mass is 331 g/mol. The third-order valence-electron chi connectivity index (χ3n) is 3.56. The van der Waals surface area contributed by atoms with Crippen molar-refractivity contribution in [3.63, 3.8) is 0 Å². The van der Waals surface area contributed by atoms with Crippen molar-refractivity contribution in [3.8, 4) is 11.5 Å². The first kappa shape index (κ1) is 17.6. The van der Waals surface area contributed by atoms with Gasteiger partial charge in [-0.1, -0.05) is 18.2 Å². The summed E-state index contributed by atoms with van der Waals surface area (Å²) in [5.41, 5.74) is 1.92. The fraction of sp³-hybridized carbons (Fsp3) is 0.278. The molecule has 24 heavy (non-hydrogen) atoms. The van der Waals surface area contributed by atoms with Crippen LogP contribution >= 0.6 is 0 Å². The van der Waals surface area contributed by atoms with Gasteiger partial charge in [-0.25, -0.2) is 4.39 Å². The van der Waals surface area contributed by atoms with Crippen molar-refractivity contribution in [3.05, 3.63) is 59.4 Å². The molecule has 3 N–H and O–H groups in total. The van der Waals surface area contributed by atoms with Crippen LogP contribution in [0.25, 0.3) is 0 Å². The van der Waals surface area contributed by atoms with Crippen molar-refractivity contribution >= 4 is 5.96 Å². The predicted molar refractivity (Wildman–Crippen MR) is 93.0 cm³/mol. The molecule has 6 heteroatoms. The van der Waals surface area contributed by atoms with Gasteiger partial charge in [-0.2, -0.15) is 0 Å². The van der Waals surface area contributed by atoms with Gasteiger partial charge in [-0.15, -0.1) is 0 Å². The average molecular weight is 331 g/mol. The molecular weight excluding hydrogens is 309 g/mol. The van der Waals surface area contributed by atoms with Gasteiger partial charge in [0.15, 0.2) is 17.5 Å². The Labute approximate surface area is 141 Å².